The van der Waals surface area contributed by atoms with Crippen LogP contribution in [0.15, 0.2) is 36.8 Å². The summed E-state index contributed by atoms with van der Waals surface area (Å²) in [5.74, 6) is 1.63. The van der Waals surface area contributed by atoms with Gasteiger partial charge in [0.1, 0.15) is 24.4 Å². The van der Waals surface area contributed by atoms with Crippen molar-refractivity contribution in [3.8, 4) is 5.75 Å². The normalized spacial score (nSPS) is 12.2. The molecule has 0 fully saturated rings. The zero-order valence-electron chi connectivity index (χ0n) is 18.0. The maximum atomic E-state index is 11.7. The number of esters is 1. The predicted molar refractivity (Wildman–Crippen MR) is 115 cm³/mol. The van der Waals surface area contributed by atoms with Crippen LogP contribution >= 0.6 is 0 Å². The van der Waals surface area contributed by atoms with E-state index in [1.165, 1.54) is 18.1 Å². The van der Waals surface area contributed by atoms with E-state index < -0.39 is 0 Å². The van der Waals surface area contributed by atoms with E-state index in [-0.39, 0.29) is 18.6 Å². The van der Waals surface area contributed by atoms with Crippen molar-refractivity contribution < 1.29 is 14.3 Å². The minimum Gasteiger partial charge on any atom is -0.493 e. The number of ether oxygens (including phenoxy) is 2. The second-order valence-electron chi connectivity index (χ2n) is 7.55. The van der Waals surface area contributed by atoms with Crippen molar-refractivity contribution in [2.45, 2.75) is 46.2 Å². The molecule has 3 rings (SSSR count). The summed E-state index contributed by atoms with van der Waals surface area (Å²) in [5.41, 5.74) is 1.67. The van der Waals surface area contributed by atoms with E-state index in [9.17, 15) is 4.79 Å². The molecule has 160 valence electrons. The molecule has 1 atom stereocenters. The molecular formula is C22H29N5O3. The summed E-state index contributed by atoms with van der Waals surface area (Å²) in [4.78, 5) is 20.4. The Morgan fingerprint density at radius 1 is 1.23 bits per heavy atom. The predicted octanol–water partition coefficient (Wildman–Crippen LogP) is 3.99. The van der Waals surface area contributed by atoms with Crippen LogP contribution in [0.5, 0.6) is 5.75 Å². The standard InChI is InChI=1S/C22H29N5O3/c1-5-10-30-19-9-7-6-8-16(19)18(11-15(2)3)26-21-17-12-25-27(13-20(28)29-4)22(17)24-14-23-21/h6-9,12,14-15,18H,5,10-11,13H2,1-4H3,(H,23,24,26). The number of anilines is 1. The van der Waals surface area contributed by atoms with Gasteiger partial charge in [-0.2, -0.15) is 5.10 Å². The van der Waals surface area contributed by atoms with Crippen molar-refractivity contribution in [2.24, 2.45) is 5.92 Å². The Balaban J connectivity index is 1.95. The Bertz CT molecular complexity index is 986. The number of para-hydroxylation sites is 1. The molecule has 0 bridgehead atoms. The number of rotatable bonds is 10. The summed E-state index contributed by atoms with van der Waals surface area (Å²) >= 11 is 0. The first-order chi connectivity index (χ1) is 14.5. The van der Waals surface area contributed by atoms with E-state index in [4.69, 9.17) is 9.47 Å². The van der Waals surface area contributed by atoms with Gasteiger partial charge in [-0.25, -0.2) is 14.6 Å². The minimum atomic E-state index is -0.382. The highest BCUT2D eigenvalue weighted by Gasteiger charge is 2.20. The Morgan fingerprint density at radius 2 is 2.03 bits per heavy atom. The molecular weight excluding hydrogens is 382 g/mol. The van der Waals surface area contributed by atoms with E-state index in [2.05, 4.69) is 47.2 Å². The van der Waals surface area contributed by atoms with E-state index in [1.807, 2.05) is 18.2 Å². The second kappa shape index (κ2) is 10.0. The third-order valence-electron chi connectivity index (χ3n) is 4.71. The third-order valence-corrected chi connectivity index (χ3v) is 4.71. The number of nitrogens with zero attached hydrogens (tertiary/aromatic N) is 4. The van der Waals surface area contributed by atoms with Gasteiger partial charge in [0.05, 0.1) is 31.3 Å². The van der Waals surface area contributed by atoms with Crippen molar-refractivity contribution in [2.75, 3.05) is 19.0 Å². The highest BCUT2D eigenvalue weighted by Crippen LogP contribution is 2.33. The van der Waals surface area contributed by atoms with Gasteiger partial charge in [-0.05, 0) is 24.8 Å². The number of carbonyl (C=O) groups is 1. The zero-order valence-corrected chi connectivity index (χ0v) is 18.0. The van der Waals surface area contributed by atoms with Crippen LogP contribution in [0.25, 0.3) is 11.0 Å². The average Bonchev–Trinajstić information content (AvgIpc) is 3.15. The first-order valence-electron chi connectivity index (χ1n) is 10.2. The topological polar surface area (TPSA) is 91.2 Å². The number of methoxy groups -OCH3 is 1. The van der Waals surface area contributed by atoms with Gasteiger partial charge in [0, 0.05) is 5.56 Å². The fourth-order valence-corrected chi connectivity index (χ4v) is 3.32. The number of hydrogen-bond donors (Lipinski definition) is 1. The molecule has 0 aliphatic heterocycles. The smallest absolute Gasteiger partial charge is 0.327 e. The molecule has 30 heavy (non-hydrogen) atoms. The van der Waals surface area contributed by atoms with Crippen LogP contribution in [0.2, 0.25) is 0 Å². The lowest BCUT2D eigenvalue weighted by atomic mass is 9.96. The third kappa shape index (κ3) is 5.06. The number of hydrogen-bond acceptors (Lipinski definition) is 7. The van der Waals surface area contributed by atoms with Gasteiger partial charge >= 0.3 is 5.97 Å². The Labute approximate surface area is 176 Å². The van der Waals surface area contributed by atoms with Gasteiger partial charge < -0.3 is 14.8 Å². The highest BCUT2D eigenvalue weighted by atomic mass is 16.5. The summed E-state index contributed by atoms with van der Waals surface area (Å²) in [5, 5.41) is 8.61. The average molecular weight is 412 g/mol. The molecule has 8 heteroatoms. The second-order valence-corrected chi connectivity index (χ2v) is 7.55. The molecule has 1 N–H and O–H groups in total. The van der Waals surface area contributed by atoms with E-state index >= 15 is 0 Å². The summed E-state index contributed by atoms with van der Waals surface area (Å²) in [7, 11) is 1.35. The molecule has 0 amide bonds. The lowest BCUT2D eigenvalue weighted by Gasteiger charge is -2.24. The Morgan fingerprint density at radius 3 is 2.77 bits per heavy atom. The zero-order chi connectivity index (χ0) is 21.5. The Kier molecular flexibility index (Phi) is 7.21. The lowest BCUT2D eigenvalue weighted by Crippen LogP contribution is -2.16. The number of aromatic nitrogens is 4. The molecule has 8 nitrogen and oxygen atoms in total. The quantitative estimate of drug-likeness (QED) is 0.504. The summed E-state index contributed by atoms with van der Waals surface area (Å²) < 4.78 is 12.3. The number of fused-ring (bicyclic) bond motifs is 1. The number of carbonyl (C=O) groups excluding carboxylic acids is 1. The molecule has 3 aromatic rings. The van der Waals surface area contributed by atoms with E-state index in [1.54, 1.807) is 6.20 Å². The first-order valence-corrected chi connectivity index (χ1v) is 10.2. The molecule has 0 aliphatic carbocycles. The van der Waals surface area contributed by atoms with Crippen molar-refractivity contribution >= 4 is 22.8 Å². The lowest BCUT2D eigenvalue weighted by molar-refractivity contribution is -0.141. The maximum absolute atomic E-state index is 11.7. The molecule has 2 aromatic heterocycles. The van der Waals surface area contributed by atoms with Crippen molar-refractivity contribution in [1.29, 1.82) is 0 Å². The molecule has 0 saturated carbocycles. The molecule has 0 aliphatic rings. The van der Waals surface area contributed by atoms with Crippen LogP contribution in [0, 0.1) is 5.92 Å². The summed E-state index contributed by atoms with van der Waals surface area (Å²) in [6.45, 7) is 7.14. The van der Waals surface area contributed by atoms with Gasteiger partial charge in [-0.1, -0.05) is 39.0 Å². The van der Waals surface area contributed by atoms with Gasteiger partial charge in [-0.15, -0.1) is 0 Å². The first kappa shape index (κ1) is 21.5. The molecule has 0 saturated heterocycles. The summed E-state index contributed by atoms with van der Waals surface area (Å²) in [6.07, 6.45) is 5.00. The van der Waals surface area contributed by atoms with Crippen LogP contribution in [0.1, 0.15) is 45.2 Å². The van der Waals surface area contributed by atoms with Gasteiger partial charge in [0.2, 0.25) is 0 Å². The molecule has 1 aromatic carbocycles. The largest absolute Gasteiger partial charge is 0.493 e. The van der Waals surface area contributed by atoms with E-state index in [0.717, 1.165) is 29.5 Å². The van der Waals surface area contributed by atoms with Crippen LogP contribution in [-0.4, -0.2) is 39.4 Å². The van der Waals surface area contributed by atoms with Crippen LogP contribution in [-0.2, 0) is 16.1 Å². The molecule has 0 radical (unpaired) electrons. The molecule has 1 unspecified atom stereocenters. The van der Waals surface area contributed by atoms with Gasteiger partial charge in [0.25, 0.3) is 0 Å². The highest BCUT2D eigenvalue weighted by molar-refractivity contribution is 5.87. The van der Waals surface area contributed by atoms with Crippen LogP contribution in [0.3, 0.4) is 0 Å². The van der Waals surface area contributed by atoms with Crippen molar-refractivity contribution in [1.82, 2.24) is 19.7 Å². The molecule has 2 heterocycles. The van der Waals surface area contributed by atoms with Crippen LogP contribution in [0.4, 0.5) is 5.82 Å². The van der Waals surface area contributed by atoms with Gasteiger partial charge in [0.15, 0.2) is 5.65 Å². The van der Waals surface area contributed by atoms with E-state index in [0.29, 0.717) is 24.0 Å². The van der Waals surface area contributed by atoms with Crippen molar-refractivity contribution in [3.63, 3.8) is 0 Å². The SMILES string of the molecule is CCCOc1ccccc1C(CC(C)C)Nc1ncnc2c1cnn2CC(=O)OC. The minimum absolute atomic E-state index is 0.000105. The van der Waals surface area contributed by atoms with Crippen molar-refractivity contribution in [3.05, 3.63) is 42.4 Å². The fourth-order valence-electron chi connectivity index (χ4n) is 3.32. The van der Waals surface area contributed by atoms with Gasteiger partial charge in [-0.3, -0.25) is 4.79 Å². The van der Waals surface area contributed by atoms with Crippen LogP contribution < -0.4 is 10.1 Å². The monoisotopic (exact) mass is 411 g/mol. The maximum Gasteiger partial charge on any atom is 0.327 e. The Hall–Kier alpha value is -3.16. The fraction of sp³-hybridized carbons (Fsp3) is 0.455. The summed E-state index contributed by atoms with van der Waals surface area (Å²) in [6, 6.07) is 8.10. The molecule has 0 spiro atoms. The number of nitrogens with one attached hydrogen (secondary N) is 1. The number of benzene rings is 1.